The Kier molecular flexibility index (Phi) is 4.84. The Morgan fingerprint density at radius 2 is 1.77 bits per heavy atom. The highest BCUT2D eigenvalue weighted by atomic mass is 32.1. The molecule has 5 rings (SSSR count). The van der Waals surface area contributed by atoms with E-state index in [4.69, 9.17) is 4.74 Å². The number of anilines is 1. The number of aryl methyl sites for hydroxylation is 1. The summed E-state index contributed by atoms with van der Waals surface area (Å²) >= 11 is 1.54. The third kappa shape index (κ3) is 3.19. The van der Waals surface area contributed by atoms with Crippen LogP contribution in [0.15, 0.2) is 6.07 Å². The monoisotopic (exact) mass is 375 g/mol. The standard InChI is InChI=1S/C21H29NO3S/c1-3-5-16-9-17(19(23)25-4-2)18(26-16)22-20(24)21-10-13-6-14(11-21)8-15(7-13)12-21/h9,13-15H,3-8,10-12H2,1-2H3,(H,22,24). The van der Waals surface area contributed by atoms with Crippen LogP contribution >= 0.6 is 11.3 Å². The van der Waals surface area contributed by atoms with Crippen LogP contribution in [0.5, 0.6) is 0 Å². The van der Waals surface area contributed by atoms with Gasteiger partial charge in [-0.2, -0.15) is 0 Å². The Balaban J connectivity index is 1.56. The average Bonchev–Trinajstić information content (AvgIpc) is 2.97. The molecule has 0 spiro atoms. The van der Waals surface area contributed by atoms with Crippen molar-refractivity contribution < 1.29 is 14.3 Å². The van der Waals surface area contributed by atoms with Crippen LogP contribution in [0.25, 0.3) is 0 Å². The van der Waals surface area contributed by atoms with Gasteiger partial charge in [0.2, 0.25) is 5.91 Å². The molecule has 0 radical (unpaired) electrons. The van der Waals surface area contributed by atoms with E-state index >= 15 is 0 Å². The van der Waals surface area contributed by atoms with Gasteiger partial charge in [0.05, 0.1) is 17.6 Å². The lowest BCUT2D eigenvalue weighted by Gasteiger charge is -2.55. The van der Waals surface area contributed by atoms with E-state index in [-0.39, 0.29) is 17.3 Å². The molecular formula is C21H29NO3S. The van der Waals surface area contributed by atoms with Crippen LogP contribution in [0.2, 0.25) is 0 Å². The van der Waals surface area contributed by atoms with E-state index in [2.05, 4.69) is 12.2 Å². The maximum atomic E-state index is 13.3. The van der Waals surface area contributed by atoms with Gasteiger partial charge in [-0.15, -0.1) is 11.3 Å². The van der Waals surface area contributed by atoms with E-state index in [1.807, 2.05) is 13.0 Å². The molecule has 26 heavy (non-hydrogen) atoms. The molecule has 4 saturated carbocycles. The second kappa shape index (κ2) is 6.99. The highest BCUT2D eigenvalue weighted by Gasteiger charge is 2.54. The Morgan fingerprint density at radius 1 is 1.15 bits per heavy atom. The molecule has 4 aliphatic rings. The number of esters is 1. The van der Waals surface area contributed by atoms with Crippen molar-refractivity contribution >= 4 is 28.2 Å². The van der Waals surface area contributed by atoms with Crippen molar-refractivity contribution in [1.29, 1.82) is 0 Å². The second-order valence-electron chi connectivity index (χ2n) is 8.58. The largest absolute Gasteiger partial charge is 0.462 e. The first-order chi connectivity index (χ1) is 12.5. The molecule has 1 N–H and O–H groups in total. The lowest BCUT2D eigenvalue weighted by Crippen LogP contribution is -2.51. The Bertz CT molecular complexity index is 673. The van der Waals surface area contributed by atoms with Gasteiger partial charge in [-0.05, 0) is 75.7 Å². The quantitative estimate of drug-likeness (QED) is 0.709. The van der Waals surface area contributed by atoms with Crippen LogP contribution < -0.4 is 5.32 Å². The molecule has 0 aromatic carbocycles. The summed E-state index contributed by atoms with van der Waals surface area (Å²) < 4.78 is 5.21. The lowest BCUT2D eigenvalue weighted by molar-refractivity contribution is -0.140. The van der Waals surface area contributed by atoms with E-state index in [0.29, 0.717) is 17.2 Å². The zero-order valence-electron chi connectivity index (χ0n) is 15.8. The summed E-state index contributed by atoms with van der Waals surface area (Å²) in [6, 6.07) is 1.90. The predicted octanol–water partition coefficient (Wildman–Crippen LogP) is 5.03. The minimum atomic E-state index is -0.327. The van der Waals surface area contributed by atoms with Crippen LogP contribution in [0.4, 0.5) is 5.00 Å². The fourth-order valence-electron chi connectivity index (χ4n) is 5.89. The van der Waals surface area contributed by atoms with Gasteiger partial charge in [0.15, 0.2) is 0 Å². The van der Waals surface area contributed by atoms with Crippen molar-refractivity contribution in [3.8, 4) is 0 Å². The van der Waals surface area contributed by atoms with E-state index in [1.54, 1.807) is 0 Å². The molecule has 4 aliphatic carbocycles. The van der Waals surface area contributed by atoms with Crippen LogP contribution in [0.1, 0.15) is 74.0 Å². The van der Waals surface area contributed by atoms with Crippen LogP contribution in [-0.4, -0.2) is 18.5 Å². The number of carbonyl (C=O) groups is 2. The number of carbonyl (C=O) groups excluding carboxylic acids is 2. The van der Waals surface area contributed by atoms with Gasteiger partial charge in [0.1, 0.15) is 5.00 Å². The van der Waals surface area contributed by atoms with Gasteiger partial charge in [0.25, 0.3) is 0 Å². The summed E-state index contributed by atoms with van der Waals surface area (Å²) in [6.45, 7) is 4.28. The molecule has 0 aliphatic heterocycles. The Morgan fingerprint density at radius 3 is 2.31 bits per heavy atom. The minimum absolute atomic E-state index is 0.145. The van der Waals surface area contributed by atoms with Crippen molar-refractivity contribution in [1.82, 2.24) is 0 Å². The molecule has 142 valence electrons. The fraction of sp³-hybridized carbons (Fsp3) is 0.714. The highest BCUT2D eigenvalue weighted by Crippen LogP contribution is 2.60. The van der Waals surface area contributed by atoms with Gasteiger partial charge in [0, 0.05) is 4.88 Å². The van der Waals surface area contributed by atoms with Gasteiger partial charge in [-0.25, -0.2) is 4.79 Å². The van der Waals surface area contributed by atoms with Gasteiger partial charge >= 0.3 is 5.97 Å². The first-order valence-corrected chi connectivity index (χ1v) is 11.0. The van der Waals surface area contributed by atoms with Crippen molar-refractivity contribution in [2.75, 3.05) is 11.9 Å². The average molecular weight is 376 g/mol. The maximum Gasteiger partial charge on any atom is 0.341 e. The number of hydrogen-bond donors (Lipinski definition) is 1. The maximum absolute atomic E-state index is 13.3. The minimum Gasteiger partial charge on any atom is -0.462 e. The number of thiophene rings is 1. The normalized spacial score (nSPS) is 31.8. The van der Waals surface area contributed by atoms with E-state index in [1.165, 1.54) is 30.6 Å². The van der Waals surface area contributed by atoms with Crippen molar-refractivity contribution in [3.05, 3.63) is 16.5 Å². The highest BCUT2D eigenvalue weighted by molar-refractivity contribution is 7.16. The second-order valence-corrected chi connectivity index (χ2v) is 9.71. The molecule has 0 saturated heterocycles. The Hall–Kier alpha value is -1.36. The molecular weight excluding hydrogens is 346 g/mol. The van der Waals surface area contributed by atoms with Crippen molar-refractivity contribution in [2.24, 2.45) is 23.2 Å². The molecule has 5 heteroatoms. The van der Waals surface area contributed by atoms with E-state index in [0.717, 1.165) is 54.7 Å². The third-order valence-electron chi connectivity index (χ3n) is 6.52. The lowest BCUT2D eigenvalue weighted by atomic mass is 9.49. The van der Waals surface area contributed by atoms with Crippen LogP contribution in [0, 0.1) is 23.2 Å². The SMILES string of the molecule is CCCc1cc(C(=O)OCC)c(NC(=O)C23CC4CC(CC(C4)C2)C3)s1. The zero-order valence-corrected chi connectivity index (χ0v) is 16.6. The molecule has 1 aromatic rings. The summed E-state index contributed by atoms with van der Waals surface area (Å²) in [6.07, 6.45) is 9.00. The van der Waals surface area contributed by atoms with Crippen LogP contribution in [-0.2, 0) is 16.0 Å². The first kappa shape index (κ1) is 18.0. The molecule has 4 nitrogen and oxygen atoms in total. The summed E-state index contributed by atoms with van der Waals surface area (Å²) in [7, 11) is 0. The predicted molar refractivity (Wildman–Crippen MR) is 104 cm³/mol. The Labute approximate surface area is 159 Å². The van der Waals surface area contributed by atoms with Gasteiger partial charge < -0.3 is 10.1 Å². The number of hydrogen-bond acceptors (Lipinski definition) is 4. The number of nitrogens with one attached hydrogen (secondary N) is 1. The molecule has 1 heterocycles. The molecule has 4 fully saturated rings. The molecule has 1 amide bonds. The summed E-state index contributed by atoms with van der Waals surface area (Å²) in [4.78, 5) is 26.8. The molecule has 0 unspecified atom stereocenters. The van der Waals surface area contributed by atoms with Gasteiger partial charge in [-0.1, -0.05) is 13.3 Å². The molecule has 4 bridgehead atoms. The topological polar surface area (TPSA) is 55.4 Å². The van der Waals surface area contributed by atoms with Gasteiger partial charge in [-0.3, -0.25) is 4.79 Å². The third-order valence-corrected chi connectivity index (χ3v) is 7.63. The fourth-order valence-corrected chi connectivity index (χ4v) is 7.03. The van der Waals surface area contributed by atoms with Crippen LogP contribution in [0.3, 0.4) is 0 Å². The summed E-state index contributed by atoms with van der Waals surface area (Å²) in [5.41, 5.74) is 0.327. The molecule has 1 aromatic heterocycles. The van der Waals surface area contributed by atoms with Crippen molar-refractivity contribution in [2.45, 2.75) is 65.2 Å². The number of ether oxygens (including phenoxy) is 1. The number of rotatable bonds is 6. The molecule has 0 atom stereocenters. The summed E-state index contributed by atoms with van der Waals surface area (Å²) in [5.74, 6) is 2.01. The van der Waals surface area contributed by atoms with E-state index in [9.17, 15) is 9.59 Å². The first-order valence-electron chi connectivity index (χ1n) is 10.1. The smallest absolute Gasteiger partial charge is 0.341 e. The number of amides is 1. The van der Waals surface area contributed by atoms with E-state index < -0.39 is 0 Å². The zero-order chi connectivity index (χ0) is 18.3. The summed E-state index contributed by atoms with van der Waals surface area (Å²) in [5, 5.41) is 3.85. The van der Waals surface area contributed by atoms with Crippen molar-refractivity contribution in [3.63, 3.8) is 0 Å².